The van der Waals surface area contributed by atoms with Crippen molar-refractivity contribution in [3.63, 3.8) is 0 Å². The first-order chi connectivity index (χ1) is 37.3. The van der Waals surface area contributed by atoms with Gasteiger partial charge < -0.3 is 54.9 Å². The Balaban J connectivity index is 0.601. The van der Waals surface area contributed by atoms with E-state index in [2.05, 4.69) is 57.5 Å². The average Bonchev–Trinajstić information content (AvgIpc) is 4.22. The molecule has 2 amide bonds. The van der Waals surface area contributed by atoms with Crippen molar-refractivity contribution in [3.05, 3.63) is 107 Å². The van der Waals surface area contributed by atoms with Gasteiger partial charge in [-0.1, -0.05) is 55.4 Å². The van der Waals surface area contributed by atoms with Crippen molar-refractivity contribution < 1.29 is 33.8 Å². The van der Waals surface area contributed by atoms with E-state index in [1.54, 1.807) is 23.5 Å². The second-order valence-corrected chi connectivity index (χ2v) is 23.0. The van der Waals surface area contributed by atoms with Crippen LogP contribution < -0.4 is 25.6 Å². The largest absolute Gasteiger partial charge is 0.507 e. The second-order valence-electron chi connectivity index (χ2n) is 22.1. The number of aromatic hydroxyl groups is 1. The molecule has 1 aliphatic carbocycles. The number of aryl methyl sites for hydroxylation is 2. The zero-order valence-corrected chi connectivity index (χ0v) is 45.2. The van der Waals surface area contributed by atoms with Gasteiger partial charge in [0.1, 0.15) is 29.6 Å². The van der Waals surface area contributed by atoms with Gasteiger partial charge in [0, 0.05) is 93.7 Å². The fourth-order valence-corrected chi connectivity index (χ4v) is 13.1. The van der Waals surface area contributed by atoms with Crippen LogP contribution in [0.5, 0.6) is 11.6 Å². The predicted molar refractivity (Wildman–Crippen MR) is 295 cm³/mol. The first-order valence-corrected chi connectivity index (χ1v) is 28.4. The van der Waals surface area contributed by atoms with Crippen LogP contribution in [0.25, 0.3) is 21.7 Å². The summed E-state index contributed by atoms with van der Waals surface area (Å²) < 4.78 is 18.9. The number of phenolic OH excluding ortho intramolecular Hbond substituents is 1. The minimum Gasteiger partial charge on any atom is -0.507 e. The van der Waals surface area contributed by atoms with Crippen LogP contribution in [0.4, 0.5) is 17.2 Å². The second kappa shape index (κ2) is 22.7. The van der Waals surface area contributed by atoms with Gasteiger partial charge in [0.15, 0.2) is 5.82 Å². The van der Waals surface area contributed by atoms with Crippen molar-refractivity contribution in [2.24, 2.45) is 5.92 Å². The molecule has 19 heteroatoms. The summed E-state index contributed by atoms with van der Waals surface area (Å²) in [5.74, 6) is 0.395. The molecular weight excluding hydrogens is 995 g/mol. The van der Waals surface area contributed by atoms with Gasteiger partial charge in [0.25, 0.3) is 0 Å². The van der Waals surface area contributed by atoms with Crippen LogP contribution in [-0.2, 0) is 20.7 Å². The Morgan fingerprint density at radius 3 is 2.39 bits per heavy atom. The minimum absolute atomic E-state index is 0.0723. The number of amides is 2. The molecule has 8 heterocycles. The molecule has 5 aliphatic rings. The third kappa shape index (κ3) is 11.5. The zero-order chi connectivity index (χ0) is 53.3. The Hall–Kier alpha value is -6.67. The quantitative estimate of drug-likeness (QED) is 0.0647. The number of phenols is 1. The maximum Gasteiger partial charge on any atom is 0.243 e. The number of nitrogen functional groups attached to an aromatic ring is 1. The number of aliphatic hydroxyl groups excluding tert-OH is 1. The summed E-state index contributed by atoms with van der Waals surface area (Å²) in [5.41, 5.74) is 15.2. The number of rotatable bonds is 18. The van der Waals surface area contributed by atoms with Gasteiger partial charge in [-0.15, -0.1) is 21.5 Å². The lowest BCUT2D eigenvalue weighted by Crippen LogP contribution is -2.54. The van der Waals surface area contributed by atoms with Gasteiger partial charge in [0.2, 0.25) is 17.7 Å². The maximum absolute atomic E-state index is 14.3. The number of ether oxygens (including phenoxy) is 2. The number of hydrogen-bond donors (Lipinski definition) is 4. The highest BCUT2D eigenvalue weighted by atomic mass is 32.1. The van der Waals surface area contributed by atoms with Crippen LogP contribution in [0.2, 0.25) is 0 Å². The average molecular weight is 1070 g/mol. The zero-order valence-electron chi connectivity index (χ0n) is 44.4. The first-order valence-electron chi connectivity index (χ1n) is 27.5. The number of thiazole rings is 1. The number of benzene rings is 2. The molecule has 1 unspecified atom stereocenters. The number of aliphatic hydroxyl groups is 1. The standard InChI is InChI=1S/C58H71N11O7S/c1-34(2)54(58(73)68-32-43(70)26-50(68)57(72)62-35(3)37-11-13-38(14-12-37)55-36(4)61-33-77-55)52-24-39(65-76-52)8-7-21-66-22-18-44(19-23-66)74-45-27-46(28-45)75-53-25-40(17-20-60-53)69-41-15-16-42(69)31-67(30-41)49-29-48(63-64-56(49)59)47-9-5-6-10-51(47)71/h5-6,9-14,17,20,24-25,29,33-35,41-46,50,54,70-71H,7-8,15-16,18-19,21-23,26-28,30-32H2,1-4H3,(H2,59,64)(H,62,72)/t35-,41+,42?,43+,45?,46?,50-,54-/m0/s1. The normalized spacial score (nSPS) is 23.5. The molecule has 406 valence electrons. The van der Waals surface area contributed by atoms with Crippen LogP contribution in [0.15, 0.2) is 89.0 Å². The molecule has 2 bridgehead atoms. The molecule has 11 rings (SSSR count). The number of piperidine rings is 1. The van der Waals surface area contributed by atoms with Crippen LogP contribution in [0.1, 0.15) is 107 Å². The number of nitrogens with one attached hydrogen (secondary N) is 1. The van der Waals surface area contributed by atoms with E-state index in [0.717, 1.165) is 123 Å². The number of anilines is 3. The van der Waals surface area contributed by atoms with Crippen LogP contribution in [0, 0.1) is 12.8 Å². The fraction of sp³-hybridized carbons (Fsp3) is 0.500. The summed E-state index contributed by atoms with van der Waals surface area (Å²) in [6.45, 7) is 12.4. The molecule has 77 heavy (non-hydrogen) atoms. The highest BCUT2D eigenvalue weighted by Gasteiger charge is 2.44. The highest BCUT2D eigenvalue weighted by molar-refractivity contribution is 7.13. The van der Waals surface area contributed by atoms with E-state index < -0.39 is 18.1 Å². The van der Waals surface area contributed by atoms with E-state index >= 15 is 0 Å². The van der Waals surface area contributed by atoms with Crippen LogP contribution in [-0.4, -0.2) is 139 Å². The number of para-hydroxylation sites is 1. The van der Waals surface area contributed by atoms with Crippen LogP contribution >= 0.6 is 11.3 Å². The molecule has 4 saturated heterocycles. The first kappa shape index (κ1) is 52.4. The van der Waals surface area contributed by atoms with E-state index in [1.807, 2.05) is 87.9 Å². The number of likely N-dealkylation sites (tertiary alicyclic amines) is 2. The summed E-state index contributed by atoms with van der Waals surface area (Å²) in [5, 5.41) is 37.3. The molecule has 5 N–H and O–H groups in total. The number of β-amino-alcohol motifs (C(OH)–C–C–N with tert-alkyl or cyclic N) is 1. The van der Waals surface area contributed by atoms with E-state index in [9.17, 15) is 19.8 Å². The van der Waals surface area contributed by atoms with Crippen molar-refractivity contribution in [3.8, 4) is 33.3 Å². The molecule has 2 aromatic carbocycles. The predicted octanol–water partition coefficient (Wildman–Crippen LogP) is 7.71. The minimum atomic E-state index is -0.801. The Bertz CT molecular complexity index is 3000. The van der Waals surface area contributed by atoms with Gasteiger partial charge in [-0.3, -0.25) is 9.59 Å². The van der Waals surface area contributed by atoms with Crippen molar-refractivity contribution in [1.82, 2.24) is 40.4 Å². The Kier molecular flexibility index (Phi) is 15.5. The molecule has 4 aromatic heterocycles. The van der Waals surface area contributed by atoms with E-state index in [4.69, 9.17) is 19.7 Å². The van der Waals surface area contributed by atoms with Gasteiger partial charge in [-0.05, 0) is 100 Å². The van der Waals surface area contributed by atoms with Gasteiger partial charge in [-0.2, -0.15) is 0 Å². The number of aromatic nitrogens is 5. The number of pyridine rings is 1. The lowest BCUT2D eigenvalue weighted by atomic mass is 9.91. The van der Waals surface area contributed by atoms with E-state index in [-0.39, 0.29) is 60.8 Å². The van der Waals surface area contributed by atoms with Gasteiger partial charge >= 0.3 is 0 Å². The molecule has 18 nitrogen and oxygen atoms in total. The molecular formula is C58H71N11O7S. The topological polar surface area (TPSA) is 222 Å². The number of piperazine rings is 1. The Morgan fingerprint density at radius 2 is 1.66 bits per heavy atom. The fourth-order valence-electron chi connectivity index (χ4n) is 12.2. The maximum atomic E-state index is 14.3. The Morgan fingerprint density at radius 1 is 0.896 bits per heavy atom. The molecule has 0 spiro atoms. The SMILES string of the molecule is Cc1ncsc1-c1ccc([C@H](C)NC(=O)[C@@H]2C[C@@H](O)CN2C(=O)[C@H](c2cc(CCCN3CCC(OC4CC(Oc5cc(N6C7CC[C@@H]6CN(c6cc(-c8ccccc8O)nnc6N)C7)ccn5)C4)CC3)no2)C(C)C)cc1. The third-order valence-electron chi connectivity index (χ3n) is 16.4. The smallest absolute Gasteiger partial charge is 0.243 e. The molecule has 6 atom stereocenters. The number of carbonyl (C=O) groups is 2. The summed E-state index contributed by atoms with van der Waals surface area (Å²) in [6, 6.07) is 22.7. The third-order valence-corrected chi connectivity index (χ3v) is 17.4. The van der Waals surface area contributed by atoms with Crippen molar-refractivity contribution in [2.75, 3.05) is 54.8 Å². The van der Waals surface area contributed by atoms with E-state index in [0.29, 0.717) is 40.8 Å². The molecule has 0 radical (unpaired) electrons. The van der Waals surface area contributed by atoms with Crippen molar-refractivity contribution >= 4 is 40.3 Å². The molecule has 1 saturated carbocycles. The molecule has 4 aliphatic heterocycles. The molecule has 5 fully saturated rings. The number of carbonyl (C=O) groups excluding carboxylic acids is 2. The number of fused-ring (bicyclic) bond motifs is 2. The van der Waals surface area contributed by atoms with E-state index in [1.165, 1.54) is 4.90 Å². The monoisotopic (exact) mass is 1070 g/mol. The lowest BCUT2D eigenvalue weighted by Gasteiger charge is -2.43. The lowest BCUT2D eigenvalue weighted by molar-refractivity contribution is -0.141. The van der Waals surface area contributed by atoms with Crippen molar-refractivity contribution in [1.29, 1.82) is 0 Å². The van der Waals surface area contributed by atoms with Gasteiger partial charge in [-0.25, -0.2) is 9.97 Å². The number of hydrogen-bond acceptors (Lipinski definition) is 17. The van der Waals surface area contributed by atoms with Crippen molar-refractivity contribution in [2.45, 2.75) is 140 Å². The van der Waals surface area contributed by atoms with Crippen LogP contribution in [0.3, 0.4) is 0 Å². The summed E-state index contributed by atoms with van der Waals surface area (Å²) >= 11 is 1.60. The summed E-state index contributed by atoms with van der Waals surface area (Å²) in [6.07, 6.45) is 9.15. The van der Waals surface area contributed by atoms with Gasteiger partial charge in [0.05, 0.1) is 57.5 Å². The number of nitrogens with zero attached hydrogens (tertiary/aromatic N) is 9. The summed E-state index contributed by atoms with van der Waals surface area (Å²) in [4.78, 5) is 47.0. The Labute approximate surface area is 454 Å². The molecule has 6 aromatic rings. The number of nitrogens with two attached hydrogens (primary N) is 1. The highest BCUT2D eigenvalue weighted by Crippen LogP contribution is 2.41. The summed E-state index contributed by atoms with van der Waals surface area (Å²) in [7, 11) is 0.